The summed E-state index contributed by atoms with van der Waals surface area (Å²) < 4.78 is 0. The second-order valence-corrected chi connectivity index (χ2v) is 7.78. The zero-order chi connectivity index (χ0) is 19.3. The molecule has 1 fully saturated rings. The first kappa shape index (κ1) is 19.1. The maximum absolute atomic E-state index is 6.02. The Morgan fingerprint density at radius 1 is 0.964 bits per heavy atom. The summed E-state index contributed by atoms with van der Waals surface area (Å²) in [6, 6.07) is 15.8. The van der Waals surface area contributed by atoms with Gasteiger partial charge >= 0.3 is 0 Å². The van der Waals surface area contributed by atoms with Gasteiger partial charge in [-0.15, -0.1) is 0 Å². The van der Waals surface area contributed by atoms with Crippen molar-refractivity contribution in [2.24, 2.45) is 0 Å². The molecule has 0 bridgehead atoms. The number of piperazine rings is 1. The van der Waals surface area contributed by atoms with Gasteiger partial charge in [-0.2, -0.15) is 0 Å². The number of aromatic nitrogens is 2. The number of hydrogen-bond acceptors (Lipinski definition) is 5. The van der Waals surface area contributed by atoms with Crippen LogP contribution in [-0.2, 0) is 0 Å². The summed E-state index contributed by atoms with van der Waals surface area (Å²) in [7, 11) is 2.19. The Morgan fingerprint density at radius 3 is 2.50 bits per heavy atom. The average Bonchev–Trinajstić information content (AvgIpc) is 2.73. The summed E-state index contributed by atoms with van der Waals surface area (Å²) in [6.45, 7) is 6.66. The molecular formula is C22H26ClN5. The molecular weight excluding hydrogens is 370 g/mol. The van der Waals surface area contributed by atoms with E-state index in [0.717, 1.165) is 73.8 Å². The molecule has 0 unspecified atom stereocenters. The van der Waals surface area contributed by atoms with Crippen molar-refractivity contribution in [3.8, 4) is 11.4 Å². The Kier molecular flexibility index (Phi) is 6.05. The van der Waals surface area contributed by atoms with E-state index in [0.29, 0.717) is 5.02 Å². The predicted molar refractivity (Wildman–Crippen MR) is 117 cm³/mol. The maximum atomic E-state index is 6.02. The van der Waals surface area contributed by atoms with E-state index in [1.54, 1.807) is 0 Å². The van der Waals surface area contributed by atoms with Crippen molar-refractivity contribution in [3.05, 3.63) is 53.6 Å². The van der Waals surface area contributed by atoms with E-state index in [9.17, 15) is 0 Å². The maximum Gasteiger partial charge on any atom is 0.162 e. The summed E-state index contributed by atoms with van der Waals surface area (Å²) in [5, 5.41) is 5.31. The largest absolute Gasteiger partial charge is 0.369 e. The summed E-state index contributed by atoms with van der Waals surface area (Å²) in [5.74, 6) is 1.62. The van der Waals surface area contributed by atoms with Crippen molar-refractivity contribution in [1.29, 1.82) is 0 Å². The smallest absolute Gasteiger partial charge is 0.162 e. The third kappa shape index (κ3) is 4.61. The molecule has 28 heavy (non-hydrogen) atoms. The number of nitrogens with zero attached hydrogens (tertiary/aromatic N) is 4. The molecule has 0 aliphatic carbocycles. The lowest BCUT2D eigenvalue weighted by Gasteiger charge is -2.32. The van der Waals surface area contributed by atoms with Gasteiger partial charge in [-0.25, -0.2) is 9.97 Å². The first-order chi connectivity index (χ1) is 13.7. The van der Waals surface area contributed by atoms with Gasteiger partial charge in [0.15, 0.2) is 5.82 Å². The molecule has 0 radical (unpaired) electrons. The van der Waals surface area contributed by atoms with Gasteiger partial charge in [-0.1, -0.05) is 23.7 Å². The topological polar surface area (TPSA) is 44.3 Å². The SMILES string of the molecule is CN1CCN(CCCNc2nc(-c3ccc(Cl)cc3)nc3ccccc23)CC1. The van der Waals surface area contributed by atoms with Crippen LogP contribution in [0.5, 0.6) is 0 Å². The van der Waals surface area contributed by atoms with Gasteiger partial charge in [0.05, 0.1) is 5.52 Å². The molecule has 6 heteroatoms. The first-order valence-electron chi connectivity index (χ1n) is 9.86. The molecule has 1 aliphatic rings. The summed E-state index contributed by atoms with van der Waals surface area (Å²) >= 11 is 6.02. The molecule has 2 aromatic carbocycles. The van der Waals surface area contributed by atoms with Crippen LogP contribution in [0.3, 0.4) is 0 Å². The average molecular weight is 396 g/mol. The number of rotatable bonds is 6. The van der Waals surface area contributed by atoms with Crippen LogP contribution in [0.1, 0.15) is 6.42 Å². The lowest BCUT2D eigenvalue weighted by molar-refractivity contribution is 0.154. The van der Waals surface area contributed by atoms with Gasteiger partial charge in [0.2, 0.25) is 0 Å². The normalized spacial score (nSPS) is 15.8. The molecule has 1 aromatic heterocycles. The number of nitrogens with one attached hydrogen (secondary N) is 1. The lowest BCUT2D eigenvalue weighted by atomic mass is 10.2. The van der Waals surface area contributed by atoms with Crippen molar-refractivity contribution in [1.82, 2.24) is 19.8 Å². The molecule has 1 saturated heterocycles. The molecule has 1 N–H and O–H groups in total. The van der Waals surface area contributed by atoms with Crippen LogP contribution < -0.4 is 5.32 Å². The van der Waals surface area contributed by atoms with Crippen molar-refractivity contribution < 1.29 is 0 Å². The Labute approximate surface area is 171 Å². The van der Waals surface area contributed by atoms with Crippen molar-refractivity contribution in [2.75, 3.05) is 51.6 Å². The first-order valence-corrected chi connectivity index (χ1v) is 10.2. The fourth-order valence-corrected chi connectivity index (χ4v) is 3.65. The highest BCUT2D eigenvalue weighted by Crippen LogP contribution is 2.25. The van der Waals surface area contributed by atoms with Crippen molar-refractivity contribution >= 4 is 28.3 Å². The molecule has 4 rings (SSSR count). The van der Waals surface area contributed by atoms with Gasteiger partial charge in [-0.3, -0.25) is 0 Å². The monoisotopic (exact) mass is 395 g/mol. The highest BCUT2D eigenvalue weighted by Gasteiger charge is 2.13. The number of fused-ring (bicyclic) bond motifs is 1. The molecule has 0 saturated carbocycles. The molecule has 0 atom stereocenters. The van der Waals surface area contributed by atoms with E-state index in [2.05, 4.69) is 28.2 Å². The van der Waals surface area contributed by atoms with Gasteiger partial charge in [-0.05, 0) is 56.4 Å². The van der Waals surface area contributed by atoms with Crippen LogP contribution in [0.2, 0.25) is 5.02 Å². The van der Waals surface area contributed by atoms with E-state index in [1.165, 1.54) is 0 Å². The van der Waals surface area contributed by atoms with E-state index >= 15 is 0 Å². The minimum absolute atomic E-state index is 0.715. The summed E-state index contributed by atoms with van der Waals surface area (Å²) in [6.07, 6.45) is 1.10. The Morgan fingerprint density at radius 2 is 1.71 bits per heavy atom. The van der Waals surface area contributed by atoms with Gasteiger partial charge in [0.25, 0.3) is 0 Å². The second-order valence-electron chi connectivity index (χ2n) is 7.35. The summed E-state index contributed by atoms with van der Waals surface area (Å²) in [5.41, 5.74) is 1.92. The van der Waals surface area contributed by atoms with Crippen molar-refractivity contribution in [3.63, 3.8) is 0 Å². The number of likely N-dealkylation sites (N-methyl/N-ethyl adjacent to an activating group) is 1. The lowest BCUT2D eigenvalue weighted by Crippen LogP contribution is -2.44. The van der Waals surface area contributed by atoms with Crippen LogP contribution in [-0.4, -0.2) is 66.1 Å². The molecule has 1 aliphatic heterocycles. The minimum atomic E-state index is 0.715. The third-order valence-electron chi connectivity index (χ3n) is 5.25. The van der Waals surface area contributed by atoms with E-state index < -0.39 is 0 Å². The quantitative estimate of drug-likeness (QED) is 0.639. The number of benzene rings is 2. The molecule has 5 nitrogen and oxygen atoms in total. The fourth-order valence-electron chi connectivity index (χ4n) is 3.52. The van der Waals surface area contributed by atoms with E-state index in [4.69, 9.17) is 21.6 Å². The van der Waals surface area contributed by atoms with Crippen LogP contribution >= 0.6 is 11.6 Å². The number of hydrogen-bond donors (Lipinski definition) is 1. The molecule has 0 spiro atoms. The molecule has 146 valence electrons. The van der Waals surface area contributed by atoms with Crippen LogP contribution in [0.4, 0.5) is 5.82 Å². The Hall–Kier alpha value is -2.21. The standard InChI is InChI=1S/C22H26ClN5/c1-27-13-15-28(16-14-27)12-4-11-24-22-19-5-2-3-6-20(19)25-21(26-22)17-7-9-18(23)10-8-17/h2-3,5-10H,4,11-16H2,1H3,(H,24,25,26). The number of halogens is 1. The van der Waals surface area contributed by atoms with Gasteiger partial charge in [0, 0.05) is 48.7 Å². The van der Waals surface area contributed by atoms with E-state index in [-0.39, 0.29) is 0 Å². The fraction of sp³-hybridized carbons (Fsp3) is 0.364. The molecule has 0 amide bonds. The minimum Gasteiger partial charge on any atom is -0.369 e. The highest BCUT2D eigenvalue weighted by molar-refractivity contribution is 6.30. The van der Waals surface area contributed by atoms with Crippen LogP contribution in [0.25, 0.3) is 22.3 Å². The zero-order valence-electron chi connectivity index (χ0n) is 16.2. The van der Waals surface area contributed by atoms with Gasteiger partial charge < -0.3 is 15.1 Å². The van der Waals surface area contributed by atoms with Crippen LogP contribution in [0.15, 0.2) is 48.5 Å². The van der Waals surface area contributed by atoms with E-state index in [1.807, 2.05) is 42.5 Å². The Bertz CT molecular complexity index is 920. The molecule has 3 aromatic rings. The van der Waals surface area contributed by atoms with Crippen molar-refractivity contribution in [2.45, 2.75) is 6.42 Å². The van der Waals surface area contributed by atoms with Gasteiger partial charge in [0.1, 0.15) is 5.82 Å². The second kappa shape index (κ2) is 8.86. The molecule has 2 heterocycles. The highest BCUT2D eigenvalue weighted by atomic mass is 35.5. The zero-order valence-corrected chi connectivity index (χ0v) is 17.0. The third-order valence-corrected chi connectivity index (χ3v) is 5.50. The number of anilines is 1. The predicted octanol–water partition coefficient (Wildman–Crippen LogP) is 4.00. The van der Waals surface area contributed by atoms with Crippen LogP contribution in [0, 0.1) is 0 Å². The Balaban J connectivity index is 1.47. The summed E-state index contributed by atoms with van der Waals surface area (Å²) in [4.78, 5) is 14.5. The number of para-hydroxylation sites is 1.